The lowest BCUT2D eigenvalue weighted by Gasteiger charge is -2.24. The van der Waals surface area contributed by atoms with Gasteiger partial charge in [0.05, 0.1) is 12.1 Å². The smallest absolute Gasteiger partial charge is 0.339 e. The van der Waals surface area contributed by atoms with Crippen molar-refractivity contribution in [3.8, 4) is 5.75 Å². The molecule has 1 aliphatic rings. The Labute approximate surface area is 192 Å². The van der Waals surface area contributed by atoms with E-state index in [1.54, 1.807) is 26.0 Å². The van der Waals surface area contributed by atoms with Crippen molar-refractivity contribution in [3.05, 3.63) is 41.0 Å². The van der Waals surface area contributed by atoms with Gasteiger partial charge in [-0.1, -0.05) is 31.2 Å². The van der Waals surface area contributed by atoms with Gasteiger partial charge in [0, 0.05) is 25.1 Å². The lowest BCUT2D eigenvalue weighted by molar-refractivity contribution is -0.125. The van der Waals surface area contributed by atoms with Crippen LogP contribution in [0.3, 0.4) is 0 Å². The van der Waals surface area contributed by atoms with Gasteiger partial charge in [-0.25, -0.2) is 4.79 Å². The van der Waals surface area contributed by atoms with Gasteiger partial charge < -0.3 is 19.1 Å². The Kier molecular flexibility index (Phi) is 8.92. The first-order chi connectivity index (χ1) is 15.0. The van der Waals surface area contributed by atoms with E-state index in [1.807, 2.05) is 6.92 Å². The molecule has 0 saturated heterocycles. The normalized spacial score (nSPS) is 19.8. The van der Waals surface area contributed by atoms with Crippen molar-refractivity contribution in [1.29, 1.82) is 0 Å². The van der Waals surface area contributed by atoms with Gasteiger partial charge in [0.1, 0.15) is 34.4 Å². The number of carbonyl (C=O) groups excluding carboxylic acids is 1. The van der Waals surface area contributed by atoms with Crippen LogP contribution in [0.5, 0.6) is 5.75 Å². The third-order valence-corrected chi connectivity index (χ3v) is 6.21. The highest BCUT2D eigenvalue weighted by Gasteiger charge is 2.40. The molecular weight excluding hydrogens is 453 g/mol. The van der Waals surface area contributed by atoms with E-state index >= 15 is 0 Å². The summed E-state index contributed by atoms with van der Waals surface area (Å²) in [4.78, 5) is 29.7. The molecule has 0 saturated carbocycles. The van der Waals surface area contributed by atoms with E-state index in [0.29, 0.717) is 34.4 Å². The maximum Gasteiger partial charge on any atom is 0.339 e. The summed E-state index contributed by atoms with van der Waals surface area (Å²) in [6, 6.07) is 2.34. The molecule has 1 aliphatic heterocycles. The molecule has 11 heteroatoms. The summed E-state index contributed by atoms with van der Waals surface area (Å²) in [6.45, 7) is 12.2. The number of nitrogens with zero attached hydrogens (tertiary/aromatic N) is 2. The molecule has 1 aromatic heterocycles. The number of oxime groups is 1. The Morgan fingerprint density at radius 3 is 2.84 bits per heavy atom. The van der Waals surface area contributed by atoms with Gasteiger partial charge in [-0.3, -0.25) is 14.4 Å². The fourth-order valence-corrected chi connectivity index (χ4v) is 4.21. The summed E-state index contributed by atoms with van der Waals surface area (Å²) in [6.07, 6.45) is 2.89. The predicted molar refractivity (Wildman–Crippen MR) is 128 cm³/mol. The molecule has 0 bridgehead atoms. The molecule has 176 valence electrons. The molecule has 1 N–H and O–H groups in total. The molecule has 2 rings (SSSR count). The summed E-state index contributed by atoms with van der Waals surface area (Å²) in [5, 5.41) is 7.39. The average molecular weight is 484 g/mol. The van der Waals surface area contributed by atoms with Crippen LogP contribution in [0.15, 0.2) is 44.1 Å². The van der Waals surface area contributed by atoms with E-state index in [0.717, 1.165) is 6.42 Å². The van der Waals surface area contributed by atoms with E-state index in [1.165, 1.54) is 31.2 Å². The molecule has 0 aliphatic carbocycles. The van der Waals surface area contributed by atoms with Gasteiger partial charge in [0.2, 0.25) is 5.91 Å². The minimum absolute atomic E-state index is 0.247. The van der Waals surface area contributed by atoms with Crippen molar-refractivity contribution in [2.45, 2.75) is 45.2 Å². The first kappa shape index (κ1) is 25.9. The minimum atomic E-state index is -2.77. The molecule has 2 atom stereocenters. The Morgan fingerprint density at radius 1 is 1.50 bits per heavy atom. The molecule has 0 spiro atoms. The van der Waals surface area contributed by atoms with Crippen LogP contribution in [0, 0.1) is 0 Å². The van der Waals surface area contributed by atoms with Crippen LogP contribution in [0.25, 0.3) is 0 Å². The van der Waals surface area contributed by atoms with Crippen LogP contribution in [-0.4, -0.2) is 47.9 Å². The second-order valence-electron chi connectivity index (χ2n) is 7.92. The second-order valence-corrected chi connectivity index (χ2v) is 11.6. The van der Waals surface area contributed by atoms with Crippen LogP contribution in [-0.2, 0) is 14.0 Å². The topological polar surface area (TPSA) is 120 Å². The molecule has 0 fully saturated rings. The maximum absolute atomic E-state index is 13.1. The molecule has 1 amide bonds. The summed E-state index contributed by atoms with van der Waals surface area (Å²) >= 11 is 1.37. The molecule has 32 heavy (non-hydrogen) atoms. The SMILES string of the molecule is C=CCOc1cc([C@@H](CCC)NC(=O)C2(C)CSC(/C(C)=N/OP(C)(C)=O)=N2)oc(=O)c1. The molecule has 0 radical (unpaired) electrons. The van der Waals surface area contributed by atoms with E-state index in [9.17, 15) is 14.2 Å². The summed E-state index contributed by atoms with van der Waals surface area (Å²) in [5.41, 5.74) is -1.14. The van der Waals surface area contributed by atoms with Crippen LogP contribution in [0.2, 0.25) is 0 Å². The highest BCUT2D eigenvalue weighted by Crippen LogP contribution is 2.38. The summed E-state index contributed by atoms with van der Waals surface area (Å²) < 4.78 is 27.5. The Bertz CT molecular complexity index is 1020. The molecular formula is C21H30N3O6PS. The van der Waals surface area contributed by atoms with Gasteiger partial charge in [0.25, 0.3) is 7.37 Å². The molecule has 0 aromatic carbocycles. The maximum atomic E-state index is 13.1. The lowest BCUT2D eigenvalue weighted by Crippen LogP contribution is -2.45. The number of ether oxygens (including phenoxy) is 1. The quantitative estimate of drug-likeness (QED) is 0.219. The van der Waals surface area contributed by atoms with Crippen LogP contribution < -0.4 is 15.7 Å². The highest BCUT2D eigenvalue weighted by molar-refractivity contribution is 8.16. The van der Waals surface area contributed by atoms with E-state index in [4.69, 9.17) is 13.8 Å². The van der Waals surface area contributed by atoms with Crippen molar-refractivity contribution in [2.24, 2.45) is 10.1 Å². The standard InChI is InChI=1S/C21H30N3O6PS/c1-7-9-16(17-11-15(28-10-8-2)12-18(25)29-17)22-20(26)21(4)13-32-19(23-21)14(3)24-30-31(5,6)27/h8,11-12,16H,2,7,9-10,13H2,1,3-6H3,(H,22,26)/b24-14+/t16-,21?/m1/s1. The minimum Gasteiger partial charge on any atom is -0.489 e. The van der Waals surface area contributed by atoms with Crippen molar-refractivity contribution in [3.63, 3.8) is 0 Å². The number of aliphatic imine (C=N–C) groups is 1. The number of hydrogen-bond acceptors (Lipinski definition) is 9. The average Bonchev–Trinajstić information content (AvgIpc) is 3.12. The monoisotopic (exact) mass is 483 g/mol. The molecule has 1 aromatic rings. The Hall–Kier alpha value is -2.32. The van der Waals surface area contributed by atoms with Gasteiger partial charge in [-0.05, 0) is 20.3 Å². The van der Waals surface area contributed by atoms with Crippen LogP contribution in [0.1, 0.15) is 45.4 Å². The number of thioether (sulfide) groups is 1. The third-order valence-electron chi connectivity index (χ3n) is 4.37. The predicted octanol–water partition coefficient (Wildman–Crippen LogP) is 4.00. The van der Waals surface area contributed by atoms with Gasteiger partial charge >= 0.3 is 5.63 Å². The number of rotatable bonds is 11. The largest absolute Gasteiger partial charge is 0.489 e. The zero-order valence-corrected chi connectivity index (χ0v) is 20.8. The number of carbonyl (C=O) groups is 1. The van der Waals surface area contributed by atoms with Crippen LogP contribution >= 0.6 is 19.1 Å². The second kappa shape index (κ2) is 11.0. The molecule has 2 heterocycles. The zero-order valence-electron chi connectivity index (χ0n) is 19.0. The Balaban J connectivity index is 2.22. The molecule has 1 unspecified atom stereocenters. The first-order valence-corrected chi connectivity index (χ1v) is 13.7. The van der Waals surface area contributed by atoms with Crippen molar-refractivity contribution in [2.75, 3.05) is 25.7 Å². The van der Waals surface area contributed by atoms with Crippen molar-refractivity contribution < 1.29 is 23.1 Å². The number of nitrogens with one attached hydrogen (secondary N) is 1. The first-order valence-electron chi connectivity index (χ1n) is 10.2. The fraction of sp³-hybridized carbons (Fsp3) is 0.524. The Morgan fingerprint density at radius 2 is 2.22 bits per heavy atom. The number of amides is 1. The van der Waals surface area contributed by atoms with E-state index < -0.39 is 24.6 Å². The van der Waals surface area contributed by atoms with Crippen LogP contribution in [0.4, 0.5) is 0 Å². The highest BCUT2D eigenvalue weighted by atomic mass is 32.2. The van der Waals surface area contributed by atoms with Gasteiger partial charge in [0.15, 0.2) is 0 Å². The lowest BCUT2D eigenvalue weighted by atomic mass is 10.0. The number of hydrogen-bond donors (Lipinski definition) is 1. The zero-order chi connectivity index (χ0) is 23.9. The van der Waals surface area contributed by atoms with E-state index in [2.05, 4.69) is 22.0 Å². The van der Waals surface area contributed by atoms with Gasteiger partial charge in [-0.15, -0.1) is 11.8 Å². The van der Waals surface area contributed by atoms with Crippen molar-refractivity contribution >= 4 is 35.8 Å². The molecule has 9 nitrogen and oxygen atoms in total. The van der Waals surface area contributed by atoms with Gasteiger partial charge in [-0.2, -0.15) is 0 Å². The van der Waals surface area contributed by atoms with Crippen molar-refractivity contribution in [1.82, 2.24) is 5.32 Å². The fourth-order valence-electron chi connectivity index (χ4n) is 2.77. The van der Waals surface area contributed by atoms with E-state index in [-0.39, 0.29) is 12.5 Å². The summed E-state index contributed by atoms with van der Waals surface area (Å²) in [5.74, 6) is 0.773. The third kappa shape index (κ3) is 7.38. The summed E-state index contributed by atoms with van der Waals surface area (Å²) in [7, 11) is -2.77.